The van der Waals surface area contributed by atoms with Gasteiger partial charge in [-0.15, -0.1) is 0 Å². The van der Waals surface area contributed by atoms with Gasteiger partial charge in [-0.2, -0.15) is 0 Å². The molecule has 0 radical (unpaired) electrons. The third-order valence-electron chi connectivity index (χ3n) is 4.90. The fourth-order valence-electron chi connectivity index (χ4n) is 3.39. The van der Waals surface area contributed by atoms with Crippen molar-refractivity contribution in [3.8, 4) is 23.0 Å². The zero-order chi connectivity index (χ0) is 21.8. The number of ether oxygens (including phenoxy) is 4. The number of amides is 1. The summed E-state index contributed by atoms with van der Waals surface area (Å²) in [5.41, 5.74) is 0.471. The van der Waals surface area contributed by atoms with Crippen LogP contribution in [0.1, 0.15) is 12.8 Å². The SMILES string of the molecule is CS(=O)(=O)N(CCCC(=O)NC[C@H]1COc2ccccc2O1)c1ccc2c(c1)OCO2. The highest BCUT2D eigenvalue weighted by molar-refractivity contribution is 7.92. The van der Waals surface area contributed by atoms with Gasteiger partial charge in [0.1, 0.15) is 12.7 Å². The lowest BCUT2D eigenvalue weighted by Crippen LogP contribution is -2.41. The zero-order valence-electron chi connectivity index (χ0n) is 17.1. The van der Waals surface area contributed by atoms with Gasteiger partial charge in [0.25, 0.3) is 0 Å². The molecular weight excluding hydrogens is 424 g/mol. The van der Waals surface area contributed by atoms with Gasteiger partial charge in [0.2, 0.25) is 22.7 Å². The van der Waals surface area contributed by atoms with Gasteiger partial charge >= 0.3 is 0 Å². The summed E-state index contributed by atoms with van der Waals surface area (Å²) in [4.78, 5) is 12.2. The van der Waals surface area contributed by atoms with Crippen molar-refractivity contribution in [3.63, 3.8) is 0 Å². The molecule has 2 aromatic rings. The van der Waals surface area contributed by atoms with Crippen molar-refractivity contribution in [2.24, 2.45) is 0 Å². The van der Waals surface area contributed by atoms with Gasteiger partial charge < -0.3 is 24.3 Å². The van der Waals surface area contributed by atoms with E-state index in [-0.39, 0.29) is 31.8 Å². The Labute approximate surface area is 180 Å². The van der Waals surface area contributed by atoms with Crippen molar-refractivity contribution in [2.75, 3.05) is 37.1 Å². The highest BCUT2D eigenvalue weighted by Crippen LogP contribution is 2.36. The summed E-state index contributed by atoms with van der Waals surface area (Å²) in [5, 5.41) is 2.82. The van der Waals surface area contributed by atoms with Crippen LogP contribution in [-0.2, 0) is 14.8 Å². The topological polar surface area (TPSA) is 103 Å². The van der Waals surface area contributed by atoms with E-state index in [1.165, 1.54) is 4.31 Å². The second-order valence-corrected chi connectivity index (χ2v) is 9.18. The predicted molar refractivity (Wildman–Crippen MR) is 113 cm³/mol. The summed E-state index contributed by atoms with van der Waals surface area (Å²) >= 11 is 0. The minimum atomic E-state index is -3.52. The number of nitrogens with zero attached hydrogens (tertiary/aromatic N) is 1. The Morgan fingerprint density at radius 2 is 1.81 bits per heavy atom. The average Bonchev–Trinajstić information content (AvgIpc) is 3.22. The first-order chi connectivity index (χ1) is 14.9. The molecule has 0 saturated heterocycles. The molecular formula is C21H24N2O7S. The van der Waals surface area contributed by atoms with Crippen LogP contribution in [0.2, 0.25) is 0 Å². The van der Waals surface area contributed by atoms with Crippen molar-refractivity contribution in [1.82, 2.24) is 5.32 Å². The maximum atomic E-state index is 12.3. The molecule has 1 atom stereocenters. The van der Waals surface area contributed by atoms with E-state index in [2.05, 4.69) is 5.32 Å². The Balaban J connectivity index is 1.27. The lowest BCUT2D eigenvalue weighted by molar-refractivity contribution is -0.121. The molecule has 2 aromatic carbocycles. The van der Waals surface area contributed by atoms with Gasteiger partial charge in [-0.05, 0) is 30.7 Å². The fourth-order valence-corrected chi connectivity index (χ4v) is 4.35. The number of benzene rings is 2. The van der Waals surface area contributed by atoms with Crippen LogP contribution in [-0.4, -0.2) is 53.2 Å². The molecule has 1 N–H and O–H groups in total. The molecule has 0 bridgehead atoms. The molecule has 2 aliphatic heterocycles. The Morgan fingerprint density at radius 3 is 2.61 bits per heavy atom. The molecule has 9 nitrogen and oxygen atoms in total. The molecule has 0 aromatic heterocycles. The number of anilines is 1. The van der Waals surface area contributed by atoms with E-state index in [1.54, 1.807) is 18.2 Å². The predicted octanol–water partition coefficient (Wildman–Crippen LogP) is 1.92. The summed E-state index contributed by atoms with van der Waals surface area (Å²) in [6, 6.07) is 12.3. The van der Waals surface area contributed by atoms with Crippen LogP contribution >= 0.6 is 0 Å². The lowest BCUT2D eigenvalue weighted by atomic mass is 10.2. The summed E-state index contributed by atoms with van der Waals surface area (Å²) in [7, 11) is -3.52. The summed E-state index contributed by atoms with van der Waals surface area (Å²) in [6.45, 7) is 0.940. The van der Waals surface area contributed by atoms with Gasteiger partial charge in [-0.3, -0.25) is 9.10 Å². The second-order valence-electron chi connectivity index (χ2n) is 7.28. The van der Waals surface area contributed by atoms with Crippen molar-refractivity contribution in [3.05, 3.63) is 42.5 Å². The van der Waals surface area contributed by atoms with Crippen molar-refractivity contribution >= 4 is 21.6 Å². The first-order valence-electron chi connectivity index (χ1n) is 9.93. The number of nitrogens with one attached hydrogen (secondary N) is 1. The molecule has 0 saturated carbocycles. The molecule has 4 rings (SSSR count). The Hall–Kier alpha value is -3.14. The van der Waals surface area contributed by atoms with E-state index in [4.69, 9.17) is 18.9 Å². The largest absolute Gasteiger partial charge is 0.486 e. The van der Waals surface area contributed by atoms with E-state index >= 15 is 0 Å². The number of sulfonamides is 1. The van der Waals surface area contributed by atoms with E-state index in [1.807, 2.05) is 24.3 Å². The minimum Gasteiger partial charge on any atom is -0.486 e. The van der Waals surface area contributed by atoms with Crippen molar-refractivity contribution < 1.29 is 32.2 Å². The lowest BCUT2D eigenvalue weighted by Gasteiger charge is -2.26. The van der Waals surface area contributed by atoms with Crippen LogP contribution in [0.25, 0.3) is 0 Å². The Kier molecular flexibility index (Phi) is 6.08. The number of rotatable bonds is 8. The molecule has 10 heteroatoms. The fraction of sp³-hybridized carbons (Fsp3) is 0.381. The zero-order valence-corrected chi connectivity index (χ0v) is 17.9. The van der Waals surface area contributed by atoms with E-state index in [0.29, 0.717) is 48.3 Å². The third kappa shape index (κ3) is 5.13. The van der Waals surface area contributed by atoms with Gasteiger partial charge in [-0.25, -0.2) is 8.42 Å². The molecule has 0 spiro atoms. The first kappa shape index (κ1) is 21.1. The normalized spacial score (nSPS) is 16.6. The standard InChI is InChI=1S/C21H24N2O7S/c1-31(25,26)23(15-8-9-18-20(11-15)29-14-28-18)10-4-7-21(24)22-12-16-13-27-17-5-2-3-6-19(17)30-16/h2-3,5-6,8-9,11,16H,4,7,10,12-14H2,1H3,(H,22,24)/t16-/m0/s1. The number of para-hydroxylation sites is 2. The maximum absolute atomic E-state index is 12.3. The summed E-state index contributed by atoms with van der Waals surface area (Å²) < 4.78 is 47.8. The van der Waals surface area contributed by atoms with E-state index in [0.717, 1.165) is 6.26 Å². The molecule has 31 heavy (non-hydrogen) atoms. The van der Waals surface area contributed by atoms with Crippen LogP contribution in [0.3, 0.4) is 0 Å². The van der Waals surface area contributed by atoms with Gasteiger partial charge in [0.15, 0.2) is 23.0 Å². The molecule has 166 valence electrons. The molecule has 0 fully saturated rings. The molecule has 0 unspecified atom stereocenters. The maximum Gasteiger partial charge on any atom is 0.232 e. The van der Waals surface area contributed by atoms with Crippen LogP contribution < -0.4 is 28.6 Å². The highest BCUT2D eigenvalue weighted by Gasteiger charge is 2.23. The number of hydrogen-bond acceptors (Lipinski definition) is 7. The summed E-state index contributed by atoms with van der Waals surface area (Å²) in [5.74, 6) is 2.24. The van der Waals surface area contributed by atoms with Crippen molar-refractivity contribution in [1.29, 1.82) is 0 Å². The monoisotopic (exact) mass is 448 g/mol. The second kappa shape index (κ2) is 8.93. The molecule has 2 heterocycles. The minimum absolute atomic E-state index is 0.110. The van der Waals surface area contributed by atoms with Crippen molar-refractivity contribution in [2.45, 2.75) is 18.9 Å². The first-order valence-corrected chi connectivity index (χ1v) is 11.8. The van der Waals surface area contributed by atoms with Gasteiger partial charge in [-0.1, -0.05) is 12.1 Å². The van der Waals surface area contributed by atoms with Crippen LogP contribution in [0.4, 0.5) is 5.69 Å². The number of fused-ring (bicyclic) bond motifs is 2. The van der Waals surface area contributed by atoms with Crippen LogP contribution in [0, 0.1) is 0 Å². The third-order valence-corrected chi connectivity index (χ3v) is 6.10. The smallest absolute Gasteiger partial charge is 0.232 e. The van der Waals surface area contributed by atoms with E-state index < -0.39 is 10.0 Å². The van der Waals surface area contributed by atoms with Gasteiger partial charge in [0, 0.05) is 19.0 Å². The van der Waals surface area contributed by atoms with E-state index in [9.17, 15) is 13.2 Å². The van der Waals surface area contributed by atoms with Crippen LogP contribution in [0.5, 0.6) is 23.0 Å². The molecule has 2 aliphatic rings. The quantitative estimate of drug-likeness (QED) is 0.658. The number of hydrogen-bond donors (Lipinski definition) is 1. The molecule has 1 amide bonds. The molecule has 0 aliphatic carbocycles. The Morgan fingerprint density at radius 1 is 1.06 bits per heavy atom. The highest BCUT2D eigenvalue weighted by atomic mass is 32.2. The number of carbonyl (C=O) groups excluding carboxylic acids is 1. The average molecular weight is 448 g/mol. The Bertz CT molecular complexity index is 1060. The summed E-state index contributed by atoms with van der Waals surface area (Å²) in [6.07, 6.45) is 1.40. The number of carbonyl (C=O) groups is 1. The van der Waals surface area contributed by atoms with Gasteiger partial charge in [0.05, 0.1) is 18.5 Å². The van der Waals surface area contributed by atoms with Crippen LogP contribution in [0.15, 0.2) is 42.5 Å².